The molecule has 16 aromatic carbocycles. The first-order chi connectivity index (χ1) is 72.0. The van der Waals surface area contributed by atoms with Gasteiger partial charge in [0.1, 0.15) is 61.3 Å². The van der Waals surface area contributed by atoms with Crippen molar-refractivity contribution >= 4 is 53.6 Å². The zero-order valence-electron chi connectivity index (χ0n) is 88.1. The Kier molecular flexibility index (Phi) is 51.4. The first-order valence-corrected chi connectivity index (χ1v) is 56.2. The minimum atomic E-state index is -4.52. The van der Waals surface area contributed by atoms with E-state index in [1.54, 1.807) is 43.5 Å². The lowest BCUT2D eigenvalue weighted by Gasteiger charge is -2.18. The molecule has 7 unspecified atom stereocenters. The van der Waals surface area contributed by atoms with Crippen LogP contribution in [0.5, 0.6) is 34.5 Å². The number of rotatable bonds is 37. The topological polar surface area (TPSA) is 239 Å². The van der Waals surface area contributed by atoms with E-state index in [-0.39, 0.29) is 69.3 Å². The molecule has 7 atom stereocenters. The van der Waals surface area contributed by atoms with Crippen LogP contribution in [-0.2, 0) is 75.9 Å². The first kappa shape index (κ1) is 119. The van der Waals surface area contributed by atoms with Gasteiger partial charge in [-0.2, -0.15) is 0 Å². The lowest BCUT2D eigenvalue weighted by Crippen LogP contribution is -2.21. The molecule has 0 aromatic heterocycles. The van der Waals surface area contributed by atoms with Gasteiger partial charge in [0.15, 0.2) is 42.8 Å². The van der Waals surface area contributed by atoms with Crippen molar-refractivity contribution in [3.05, 3.63) is 486 Å². The molecule has 0 saturated heterocycles. The molecular formula is C129H145NO15S4. The van der Waals surface area contributed by atoms with E-state index >= 15 is 0 Å². The molecule has 16 nitrogen and oxygen atoms in total. The smallest absolute Gasteiger partial charge is 0.262 e. The molecule has 0 bridgehead atoms. The second-order valence-corrected chi connectivity index (χ2v) is 42.7. The van der Waals surface area contributed by atoms with E-state index < -0.39 is 20.2 Å². The Bertz CT molecular complexity index is 6300. The lowest BCUT2D eigenvalue weighted by atomic mass is 9.99. The highest BCUT2D eigenvalue weighted by Crippen LogP contribution is 2.35. The Balaban J connectivity index is 0.000000191. The van der Waals surface area contributed by atoms with Gasteiger partial charge in [-0.15, -0.1) is 0 Å². The molecule has 20 heteroatoms. The fraction of sp³-hybridized carbons (Fsp3) is 0.248. The van der Waals surface area contributed by atoms with E-state index in [1.165, 1.54) is 106 Å². The Morgan fingerprint density at radius 3 is 0.913 bits per heavy atom. The van der Waals surface area contributed by atoms with E-state index in [0.29, 0.717) is 76.4 Å². The van der Waals surface area contributed by atoms with Gasteiger partial charge < -0.3 is 53.1 Å². The van der Waals surface area contributed by atoms with E-state index in [2.05, 4.69) is 307 Å². The van der Waals surface area contributed by atoms with Crippen LogP contribution in [0.4, 0.5) is 5.69 Å². The quantitative estimate of drug-likeness (QED) is 0.0142. The predicted molar refractivity (Wildman–Crippen MR) is 607 cm³/mol. The molecule has 3 N–H and O–H groups in total. The van der Waals surface area contributed by atoms with Gasteiger partial charge in [0.2, 0.25) is 6.29 Å². The summed E-state index contributed by atoms with van der Waals surface area (Å²) >= 11 is 0. The van der Waals surface area contributed by atoms with Crippen LogP contribution in [-0.4, -0.2) is 68.9 Å². The zero-order chi connectivity index (χ0) is 107. The normalized spacial score (nSPS) is 12.2. The maximum atomic E-state index is 12.0. The number of methoxy groups -OCH3 is 1. The van der Waals surface area contributed by atoms with Crippen LogP contribution >= 0.6 is 0 Å². The zero-order valence-corrected chi connectivity index (χ0v) is 91.4. The molecule has 1 amide bonds. The predicted octanol–water partition coefficient (Wildman–Crippen LogP) is 32.0. The van der Waals surface area contributed by atoms with Crippen molar-refractivity contribution in [2.45, 2.75) is 229 Å². The summed E-state index contributed by atoms with van der Waals surface area (Å²) in [6.07, 6.45) is 7.18. The number of anilines is 1. The molecule has 0 saturated carbocycles. The molecule has 0 aliphatic rings. The van der Waals surface area contributed by atoms with Gasteiger partial charge in [0.05, 0.1) is 38.2 Å². The van der Waals surface area contributed by atoms with Crippen LogP contribution in [0.15, 0.2) is 470 Å². The SMILES string of the molecule is CCC(C)c1ccc(O)cc1.CCC(C)c1ccc(O)cc1.CCC(C)c1ccc(OC(Cc2ccccc2)OC)cc1.CCC(C)c1ccc(OCC(=O)Nc2ccc(S(=O)(=O)[O-])c(C)c2)cc1.CCC(C)c1ccc(OCOCc2ccccc2)cc1.CCC(C)c1ccc(OCc2ccccc2S(=O)(=O)[O-])cc1.c1ccc([S+](c2ccccc2)c2ccccc2)cc1.c1ccc([S+](c2ccccc2)c2ccccc2)cc1. The van der Waals surface area contributed by atoms with Crippen LogP contribution in [0.2, 0.25) is 0 Å². The molecule has 0 spiro atoms. The van der Waals surface area contributed by atoms with Crippen LogP contribution in [0.3, 0.4) is 0 Å². The van der Waals surface area contributed by atoms with Gasteiger partial charge in [-0.25, -0.2) is 16.8 Å². The van der Waals surface area contributed by atoms with Crippen LogP contribution in [0, 0.1) is 6.92 Å². The minimum Gasteiger partial charge on any atom is -0.744 e. The van der Waals surface area contributed by atoms with E-state index in [9.17, 15) is 30.7 Å². The third-order valence-electron chi connectivity index (χ3n) is 25.2. The lowest BCUT2D eigenvalue weighted by molar-refractivity contribution is -0.118. The molecule has 0 radical (unpaired) electrons. The number of carbonyl (C=O) groups is 1. The van der Waals surface area contributed by atoms with Crippen molar-refractivity contribution in [1.82, 2.24) is 0 Å². The Hall–Kier alpha value is -13.8. The summed E-state index contributed by atoms with van der Waals surface area (Å²) in [4.78, 5) is 19.6. The highest BCUT2D eigenvalue weighted by Gasteiger charge is 2.30. The summed E-state index contributed by atoms with van der Waals surface area (Å²) < 4.78 is 100. The van der Waals surface area contributed by atoms with Crippen molar-refractivity contribution in [3.63, 3.8) is 0 Å². The molecule has 16 aromatic rings. The van der Waals surface area contributed by atoms with Crippen molar-refractivity contribution < 1.29 is 69.4 Å². The average Bonchev–Trinajstić information content (AvgIpc) is 0.807. The Morgan fingerprint density at radius 2 is 0.604 bits per heavy atom. The van der Waals surface area contributed by atoms with Gasteiger partial charge in [-0.05, 0) is 301 Å². The Morgan fingerprint density at radius 1 is 0.322 bits per heavy atom. The standard InChI is InChI=1S/C19H23NO5S.C19H24O2.C18H22O2.2C18H15S.C17H20O4S.2C10H14O/c1-4-13(2)15-5-8-17(9-6-15)25-12-19(21)20-16-7-10-18(14(3)11-16)26(22,23)24;1-4-15(2)17-10-12-18(13-11-17)21-19(20-3)14-16-8-6-5-7-9-16;1-3-15(2)17-9-11-18(12-10-17)20-14-19-13-16-7-5-4-6-8-16;2*1-4-10-16(11-5-1)19(17-12-6-2-7-13-17)18-14-8-3-9-15-18;1-3-13(2)14-8-10-16(11-9-14)21-12-15-6-4-5-7-17(15)22(18,19)20;2*1-3-8(2)9-4-6-10(11)7-5-9/h5-11,13H,4,12H2,1-3H3,(H,20,21)(H,22,23,24);5-13,15,19H,4,14H2,1-3H3;4-12,15H,3,13-14H2,1-2H3;2*1-15H;4-11,13H,3,12H2,1-2H3,(H,18,19,20);2*4-8,11H,3H2,1-2H3/q;;;2*+1;;;/p-2. The molecule has 0 fully saturated rings. The van der Waals surface area contributed by atoms with Crippen molar-refractivity contribution in [2.75, 3.05) is 25.8 Å². The monoisotopic (exact) mass is 2080 g/mol. The van der Waals surface area contributed by atoms with Crippen molar-refractivity contribution in [1.29, 1.82) is 0 Å². The molecule has 0 heterocycles. The fourth-order valence-electron chi connectivity index (χ4n) is 15.1. The average molecular weight is 2080 g/mol. The van der Waals surface area contributed by atoms with Gasteiger partial charge in [0, 0.05) is 24.8 Å². The molecule has 149 heavy (non-hydrogen) atoms. The fourth-order valence-corrected chi connectivity index (χ4v) is 20.7. The molecular weight excluding hydrogens is 1930 g/mol. The van der Waals surface area contributed by atoms with Gasteiger partial charge in [0.25, 0.3) is 5.91 Å². The van der Waals surface area contributed by atoms with E-state index in [0.717, 1.165) is 62.0 Å². The second kappa shape index (κ2) is 64.5. The number of hydrogen-bond donors (Lipinski definition) is 3. The number of hydrogen-bond acceptors (Lipinski definition) is 15. The number of phenols is 2. The highest BCUT2D eigenvalue weighted by molar-refractivity contribution is 7.97. The summed E-state index contributed by atoms with van der Waals surface area (Å²) in [5.74, 6) is 6.57. The molecule has 0 aliphatic carbocycles. The van der Waals surface area contributed by atoms with Crippen LogP contribution in [0.25, 0.3) is 0 Å². The number of benzene rings is 16. The number of carbonyl (C=O) groups excluding carboxylic acids is 1. The third-order valence-corrected chi connectivity index (χ3v) is 31.6. The summed E-state index contributed by atoms with van der Waals surface area (Å²) in [6, 6.07) is 141. The number of phenolic OH excluding ortho intramolecular Hbond substituents is 2. The number of ether oxygens (including phenoxy) is 6. The second-order valence-electron chi connectivity index (χ2n) is 36.0. The highest BCUT2D eigenvalue weighted by atomic mass is 32.2. The maximum Gasteiger partial charge on any atom is 0.262 e. The third kappa shape index (κ3) is 41.7. The summed E-state index contributed by atoms with van der Waals surface area (Å²) in [5, 5.41) is 20.6. The number of amides is 1. The first-order valence-electron chi connectivity index (χ1n) is 50.9. The van der Waals surface area contributed by atoms with Crippen LogP contribution in [0.1, 0.15) is 213 Å². The van der Waals surface area contributed by atoms with Crippen molar-refractivity contribution in [3.8, 4) is 34.5 Å². The van der Waals surface area contributed by atoms with Crippen molar-refractivity contribution in [2.24, 2.45) is 0 Å². The summed E-state index contributed by atoms with van der Waals surface area (Å²) in [7, 11) is -7.36. The minimum absolute atomic E-state index is 0.0146. The molecule has 780 valence electrons. The Labute approximate surface area is 892 Å². The summed E-state index contributed by atoms with van der Waals surface area (Å²) in [5.41, 5.74) is 11.1. The number of aryl methyl sites for hydroxylation is 1. The largest absolute Gasteiger partial charge is 0.744 e. The molecule has 0 aliphatic heterocycles. The number of nitrogens with one attached hydrogen (secondary N) is 1. The van der Waals surface area contributed by atoms with Gasteiger partial charge in [-0.1, -0.05) is 344 Å². The molecule has 16 rings (SSSR count). The van der Waals surface area contributed by atoms with Gasteiger partial charge >= 0.3 is 0 Å². The van der Waals surface area contributed by atoms with E-state index in [4.69, 9.17) is 38.6 Å². The van der Waals surface area contributed by atoms with Gasteiger partial charge in [-0.3, -0.25) is 4.79 Å². The number of aromatic hydroxyl groups is 2. The van der Waals surface area contributed by atoms with Crippen LogP contribution < -0.4 is 24.3 Å². The summed E-state index contributed by atoms with van der Waals surface area (Å²) in [6.45, 7) is 28.4. The van der Waals surface area contributed by atoms with E-state index in [1.807, 2.05) is 146 Å². The maximum absolute atomic E-state index is 12.0.